The number of aromatic nitrogens is 3. The zero-order valence-electron chi connectivity index (χ0n) is 16.1. The van der Waals surface area contributed by atoms with Crippen molar-refractivity contribution in [1.29, 1.82) is 0 Å². The van der Waals surface area contributed by atoms with Crippen LogP contribution in [0.3, 0.4) is 0 Å². The van der Waals surface area contributed by atoms with Crippen molar-refractivity contribution in [2.24, 2.45) is 0 Å². The number of hydrogen-bond acceptors (Lipinski definition) is 7. The molecule has 4 rings (SSSR count). The van der Waals surface area contributed by atoms with Crippen LogP contribution in [0.2, 0.25) is 0 Å². The number of amides is 1. The SMILES string of the molecule is COc1ccccc1Cn1c(SCC(=O)Nc2nccs2)nc2ccccc2c1=O. The Morgan fingerprint density at radius 2 is 2.00 bits per heavy atom. The van der Waals surface area contributed by atoms with Crippen LogP contribution in [-0.2, 0) is 11.3 Å². The maximum absolute atomic E-state index is 13.2. The molecule has 0 aliphatic carbocycles. The molecule has 0 radical (unpaired) electrons. The summed E-state index contributed by atoms with van der Waals surface area (Å²) in [5.41, 5.74) is 1.30. The van der Waals surface area contributed by atoms with Crippen molar-refractivity contribution < 1.29 is 9.53 Å². The van der Waals surface area contributed by atoms with Crippen molar-refractivity contribution in [1.82, 2.24) is 14.5 Å². The minimum atomic E-state index is -0.207. The number of hydrogen-bond donors (Lipinski definition) is 1. The van der Waals surface area contributed by atoms with Crippen LogP contribution in [-0.4, -0.2) is 33.3 Å². The quantitative estimate of drug-likeness (QED) is 0.350. The molecule has 1 amide bonds. The monoisotopic (exact) mass is 438 g/mol. The topological polar surface area (TPSA) is 86.1 Å². The van der Waals surface area contributed by atoms with Crippen LogP contribution in [0, 0.1) is 0 Å². The number of carbonyl (C=O) groups excluding carboxylic acids is 1. The third kappa shape index (κ3) is 4.37. The van der Waals surface area contributed by atoms with E-state index in [4.69, 9.17) is 4.74 Å². The number of carbonyl (C=O) groups is 1. The molecule has 0 saturated carbocycles. The van der Waals surface area contributed by atoms with Gasteiger partial charge in [0.2, 0.25) is 5.91 Å². The third-order valence-corrected chi connectivity index (χ3v) is 6.02. The lowest BCUT2D eigenvalue weighted by Crippen LogP contribution is -2.25. The smallest absolute Gasteiger partial charge is 0.262 e. The first-order valence-corrected chi connectivity index (χ1v) is 11.0. The van der Waals surface area contributed by atoms with E-state index in [9.17, 15) is 9.59 Å². The van der Waals surface area contributed by atoms with Gasteiger partial charge in [0.25, 0.3) is 5.56 Å². The first kappa shape index (κ1) is 20.1. The second-order valence-corrected chi connectivity index (χ2v) is 8.13. The highest BCUT2D eigenvalue weighted by atomic mass is 32.2. The summed E-state index contributed by atoms with van der Waals surface area (Å²) >= 11 is 2.56. The minimum absolute atomic E-state index is 0.107. The van der Waals surface area contributed by atoms with Crippen LogP contribution in [0.15, 0.2) is 70.1 Å². The normalized spacial score (nSPS) is 10.8. The summed E-state index contributed by atoms with van der Waals surface area (Å²) in [5, 5.41) is 6.08. The van der Waals surface area contributed by atoms with Gasteiger partial charge in [-0.1, -0.05) is 42.1 Å². The van der Waals surface area contributed by atoms with Gasteiger partial charge in [-0.2, -0.15) is 0 Å². The molecule has 0 fully saturated rings. The Kier molecular flexibility index (Phi) is 6.10. The molecule has 152 valence electrons. The van der Waals surface area contributed by atoms with E-state index in [1.807, 2.05) is 36.4 Å². The van der Waals surface area contributed by atoms with Crippen molar-refractivity contribution in [2.45, 2.75) is 11.7 Å². The second-order valence-electron chi connectivity index (χ2n) is 6.29. The number of nitrogens with zero attached hydrogens (tertiary/aromatic N) is 3. The molecule has 0 aliphatic heterocycles. The predicted molar refractivity (Wildman–Crippen MR) is 120 cm³/mol. The molecule has 9 heteroatoms. The second kappa shape index (κ2) is 9.10. The van der Waals surface area contributed by atoms with Crippen molar-refractivity contribution >= 4 is 45.0 Å². The molecular weight excluding hydrogens is 420 g/mol. The van der Waals surface area contributed by atoms with Gasteiger partial charge in [-0.3, -0.25) is 14.2 Å². The highest BCUT2D eigenvalue weighted by Gasteiger charge is 2.15. The van der Waals surface area contributed by atoms with E-state index in [0.29, 0.717) is 26.9 Å². The van der Waals surface area contributed by atoms with Crippen LogP contribution in [0.5, 0.6) is 5.75 Å². The molecule has 1 N–H and O–H groups in total. The van der Waals surface area contributed by atoms with Crippen molar-refractivity contribution in [3.8, 4) is 5.75 Å². The number of benzene rings is 2. The Hall–Kier alpha value is -3.17. The number of nitrogens with one attached hydrogen (secondary N) is 1. The average molecular weight is 439 g/mol. The van der Waals surface area contributed by atoms with Crippen LogP contribution in [0.1, 0.15) is 5.56 Å². The lowest BCUT2D eigenvalue weighted by Gasteiger charge is -2.15. The summed E-state index contributed by atoms with van der Waals surface area (Å²) < 4.78 is 7.01. The highest BCUT2D eigenvalue weighted by molar-refractivity contribution is 7.99. The maximum atomic E-state index is 13.2. The van der Waals surface area contributed by atoms with Gasteiger partial charge in [-0.05, 0) is 18.2 Å². The van der Waals surface area contributed by atoms with E-state index in [1.54, 1.807) is 35.4 Å². The predicted octanol–water partition coefficient (Wildman–Crippen LogP) is 3.64. The Labute approximate surface area is 180 Å². The highest BCUT2D eigenvalue weighted by Crippen LogP contribution is 2.23. The molecule has 7 nitrogen and oxygen atoms in total. The van der Waals surface area contributed by atoms with Crippen molar-refractivity contribution in [2.75, 3.05) is 18.2 Å². The molecular formula is C21H18N4O3S2. The summed E-state index contributed by atoms with van der Waals surface area (Å²) in [5.74, 6) is 0.590. The number of ether oxygens (including phenoxy) is 1. The summed E-state index contributed by atoms with van der Waals surface area (Å²) in [6.45, 7) is 0.289. The molecule has 0 bridgehead atoms. The Bertz CT molecular complexity index is 1240. The van der Waals surface area contributed by atoms with Crippen LogP contribution in [0.25, 0.3) is 10.9 Å². The minimum Gasteiger partial charge on any atom is -0.496 e. The van der Waals surface area contributed by atoms with E-state index in [2.05, 4.69) is 15.3 Å². The molecule has 2 heterocycles. The van der Waals surface area contributed by atoms with Gasteiger partial charge in [-0.25, -0.2) is 9.97 Å². The number of thiazole rings is 1. The summed E-state index contributed by atoms with van der Waals surface area (Å²) in [6, 6.07) is 14.7. The zero-order valence-corrected chi connectivity index (χ0v) is 17.7. The number of fused-ring (bicyclic) bond motifs is 1. The molecule has 0 spiro atoms. The maximum Gasteiger partial charge on any atom is 0.262 e. The van der Waals surface area contributed by atoms with Gasteiger partial charge in [0.15, 0.2) is 10.3 Å². The lowest BCUT2D eigenvalue weighted by atomic mass is 10.2. The molecule has 0 saturated heterocycles. The Balaban J connectivity index is 1.67. The van der Waals surface area contributed by atoms with Crippen LogP contribution in [0.4, 0.5) is 5.13 Å². The van der Waals surface area contributed by atoms with E-state index < -0.39 is 0 Å². The fourth-order valence-corrected chi connectivity index (χ4v) is 4.32. The molecule has 30 heavy (non-hydrogen) atoms. The Morgan fingerprint density at radius 1 is 1.20 bits per heavy atom. The number of rotatable bonds is 7. The van der Waals surface area contributed by atoms with Gasteiger partial charge in [-0.15, -0.1) is 11.3 Å². The van der Waals surface area contributed by atoms with Crippen molar-refractivity contribution in [3.05, 3.63) is 76.0 Å². The number of thioether (sulfide) groups is 1. The largest absolute Gasteiger partial charge is 0.496 e. The van der Waals surface area contributed by atoms with Gasteiger partial charge < -0.3 is 10.1 Å². The molecule has 4 aromatic rings. The van der Waals surface area contributed by atoms with E-state index >= 15 is 0 Å². The van der Waals surface area contributed by atoms with E-state index in [0.717, 1.165) is 5.56 Å². The molecule has 2 aromatic heterocycles. The van der Waals surface area contributed by atoms with Crippen molar-refractivity contribution in [3.63, 3.8) is 0 Å². The van der Waals surface area contributed by atoms with E-state index in [-0.39, 0.29) is 23.8 Å². The molecule has 2 aromatic carbocycles. The lowest BCUT2D eigenvalue weighted by molar-refractivity contribution is -0.113. The number of para-hydroxylation sites is 2. The summed E-state index contributed by atoms with van der Waals surface area (Å²) in [4.78, 5) is 34.2. The Morgan fingerprint density at radius 3 is 2.80 bits per heavy atom. The summed E-state index contributed by atoms with van der Waals surface area (Å²) in [7, 11) is 1.60. The van der Waals surface area contributed by atoms with Gasteiger partial charge in [0, 0.05) is 17.1 Å². The molecule has 0 unspecified atom stereocenters. The fourth-order valence-electron chi connectivity index (χ4n) is 2.97. The van der Waals surface area contributed by atoms with Gasteiger partial charge >= 0.3 is 0 Å². The zero-order chi connectivity index (χ0) is 20.9. The third-order valence-electron chi connectivity index (χ3n) is 4.36. The van der Waals surface area contributed by atoms with E-state index in [1.165, 1.54) is 23.1 Å². The molecule has 0 aliphatic rings. The first-order chi connectivity index (χ1) is 14.7. The first-order valence-electron chi connectivity index (χ1n) is 9.09. The standard InChI is InChI=1S/C21H18N4O3S2/c1-28-17-9-5-2-6-14(17)12-25-19(27)15-7-3-4-8-16(15)23-21(25)30-13-18(26)24-20-22-10-11-29-20/h2-11H,12-13H2,1H3,(H,22,24,26). The average Bonchev–Trinajstić information content (AvgIpc) is 3.28. The van der Waals surface area contributed by atoms with Gasteiger partial charge in [0.1, 0.15) is 5.75 Å². The number of anilines is 1. The summed E-state index contributed by atoms with van der Waals surface area (Å²) in [6.07, 6.45) is 1.63. The fraction of sp³-hybridized carbons (Fsp3) is 0.143. The number of methoxy groups -OCH3 is 1. The molecule has 0 atom stereocenters. The van der Waals surface area contributed by atoms with Gasteiger partial charge in [0.05, 0.1) is 30.3 Å². The van der Waals surface area contributed by atoms with Crippen LogP contribution < -0.4 is 15.6 Å². The van der Waals surface area contributed by atoms with Crippen LogP contribution >= 0.6 is 23.1 Å².